The highest BCUT2D eigenvalue weighted by atomic mass is 19.1. The number of hydrogen-bond donors (Lipinski definition) is 2. The van der Waals surface area contributed by atoms with E-state index in [0.717, 1.165) is 22.6 Å². The van der Waals surface area contributed by atoms with Crippen LogP contribution >= 0.6 is 0 Å². The van der Waals surface area contributed by atoms with Gasteiger partial charge in [-0.2, -0.15) is 0 Å². The van der Waals surface area contributed by atoms with Crippen molar-refractivity contribution in [3.8, 4) is 0 Å². The number of nitrogens with zero attached hydrogens (tertiary/aromatic N) is 1. The van der Waals surface area contributed by atoms with Crippen LogP contribution in [0.15, 0.2) is 59.8 Å². The number of hydrogen-bond acceptors (Lipinski definition) is 5. The molecule has 0 saturated carbocycles. The number of Topliss-reactive ketones (excluding diaryl/α,β-unsaturated/α-hetero) is 1. The molecule has 0 fully saturated rings. The van der Waals surface area contributed by atoms with Crippen LogP contribution in [-0.4, -0.2) is 38.5 Å². The fourth-order valence-corrected chi connectivity index (χ4v) is 4.72. The number of fused-ring (bicyclic) bond motifs is 1. The molecule has 1 atom stereocenters. The third kappa shape index (κ3) is 4.93. The maximum Gasteiger partial charge on any atom is 0.239 e. The van der Waals surface area contributed by atoms with Gasteiger partial charge in [-0.15, -0.1) is 0 Å². The standard InChI is InChI=1S/C26H30FN3O3/c1-26(2)14-20-24(22(31)15-26)25(17-8-10-18(27)11-9-17)30(16-23(32)28-12-13-33-3)21-7-5-4-6-19(21)29-20/h4-11,25,29H,12-16H2,1-3H3,(H,28,32). The second kappa shape index (κ2) is 9.35. The summed E-state index contributed by atoms with van der Waals surface area (Å²) in [5, 5.41) is 6.38. The summed E-state index contributed by atoms with van der Waals surface area (Å²) in [4.78, 5) is 28.4. The molecule has 7 heteroatoms. The average molecular weight is 452 g/mol. The van der Waals surface area contributed by atoms with Gasteiger partial charge in [-0.3, -0.25) is 9.59 Å². The van der Waals surface area contributed by atoms with Crippen molar-refractivity contribution in [3.63, 3.8) is 0 Å². The average Bonchev–Trinajstić information content (AvgIpc) is 2.88. The molecule has 4 rings (SSSR count). The highest BCUT2D eigenvalue weighted by Crippen LogP contribution is 2.48. The Morgan fingerprint density at radius 1 is 1.18 bits per heavy atom. The van der Waals surface area contributed by atoms with Gasteiger partial charge in [0.15, 0.2) is 5.78 Å². The van der Waals surface area contributed by atoms with Gasteiger partial charge >= 0.3 is 0 Å². The number of rotatable bonds is 6. The number of methoxy groups -OCH3 is 1. The van der Waals surface area contributed by atoms with Crippen LogP contribution in [0, 0.1) is 11.2 Å². The molecule has 2 aliphatic rings. The molecule has 0 bridgehead atoms. The molecular formula is C26H30FN3O3. The first kappa shape index (κ1) is 23.0. The van der Waals surface area contributed by atoms with Crippen LogP contribution in [0.1, 0.15) is 38.3 Å². The van der Waals surface area contributed by atoms with Crippen molar-refractivity contribution in [3.05, 3.63) is 71.2 Å². The summed E-state index contributed by atoms with van der Waals surface area (Å²) in [5.41, 5.74) is 3.73. The number of carbonyl (C=O) groups is 2. The first-order valence-corrected chi connectivity index (χ1v) is 11.2. The molecule has 0 aromatic heterocycles. The van der Waals surface area contributed by atoms with E-state index in [0.29, 0.717) is 31.6 Å². The molecule has 2 aromatic rings. The lowest BCUT2D eigenvalue weighted by Crippen LogP contribution is -2.42. The molecular weight excluding hydrogens is 421 g/mol. The van der Waals surface area contributed by atoms with E-state index in [-0.39, 0.29) is 29.5 Å². The summed E-state index contributed by atoms with van der Waals surface area (Å²) in [5.74, 6) is -0.484. The van der Waals surface area contributed by atoms with Gasteiger partial charge in [0, 0.05) is 31.3 Å². The Morgan fingerprint density at radius 2 is 1.91 bits per heavy atom. The van der Waals surface area contributed by atoms with Gasteiger partial charge in [-0.1, -0.05) is 38.1 Å². The zero-order valence-electron chi connectivity index (χ0n) is 19.3. The molecule has 2 aromatic carbocycles. The lowest BCUT2D eigenvalue weighted by atomic mass is 9.73. The van der Waals surface area contributed by atoms with Crippen molar-refractivity contribution in [1.29, 1.82) is 0 Å². The molecule has 1 unspecified atom stereocenters. The second-order valence-corrected chi connectivity index (χ2v) is 9.40. The first-order chi connectivity index (χ1) is 15.8. The Morgan fingerprint density at radius 3 is 2.64 bits per heavy atom. The molecule has 0 radical (unpaired) electrons. The second-order valence-electron chi connectivity index (χ2n) is 9.40. The molecule has 0 saturated heterocycles. The summed E-state index contributed by atoms with van der Waals surface area (Å²) in [7, 11) is 1.58. The van der Waals surface area contributed by atoms with Crippen LogP contribution in [0.5, 0.6) is 0 Å². The Kier molecular flexibility index (Phi) is 6.51. The monoisotopic (exact) mass is 451 g/mol. The van der Waals surface area contributed by atoms with Crippen molar-refractivity contribution in [2.75, 3.05) is 37.0 Å². The predicted molar refractivity (Wildman–Crippen MR) is 126 cm³/mol. The predicted octanol–water partition coefficient (Wildman–Crippen LogP) is 4.20. The Hall–Kier alpha value is -3.19. The highest BCUT2D eigenvalue weighted by molar-refractivity contribution is 6.01. The number of halogens is 1. The topological polar surface area (TPSA) is 70.7 Å². The molecule has 33 heavy (non-hydrogen) atoms. The number of para-hydroxylation sites is 2. The minimum atomic E-state index is -0.520. The number of ether oxygens (including phenoxy) is 1. The van der Waals surface area contributed by atoms with E-state index < -0.39 is 6.04 Å². The fraction of sp³-hybridized carbons (Fsp3) is 0.385. The van der Waals surface area contributed by atoms with E-state index in [1.54, 1.807) is 19.2 Å². The number of carbonyl (C=O) groups excluding carboxylic acids is 2. The summed E-state index contributed by atoms with van der Waals surface area (Å²) >= 11 is 0. The maximum atomic E-state index is 13.8. The van der Waals surface area contributed by atoms with Crippen molar-refractivity contribution in [1.82, 2.24) is 5.32 Å². The first-order valence-electron chi connectivity index (χ1n) is 11.2. The Balaban J connectivity index is 1.85. The SMILES string of the molecule is COCCNC(=O)CN1c2ccccc2NC2=C(C(=O)CC(C)(C)C2)C1c1ccc(F)cc1. The Bertz CT molecular complexity index is 1080. The highest BCUT2D eigenvalue weighted by Gasteiger charge is 2.41. The molecule has 1 heterocycles. The van der Waals surface area contributed by atoms with E-state index in [1.807, 2.05) is 29.2 Å². The van der Waals surface area contributed by atoms with Crippen LogP contribution < -0.4 is 15.5 Å². The van der Waals surface area contributed by atoms with E-state index in [4.69, 9.17) is 4.74 Å². The number of benzene rings is 2. The van der Waals surface area contributed by atoms with Crippen molar-refractivity contribution < 1.29 is 18.7 Å². The number of amides is 1. The molecule has 1 aliphatic heterocycles. The van der Waals surface area contributed by atoms with Gasteiger partial charge in [-0.25, -0.2) is 4.39 Å². The molecule has 6 nitrogen and oxygen atoms in total. The lowest BCUT2D eigenvalue weighted by molar-refractivity contribution is -0.121. The molecule has 1 aliphatic carbocycles. The minimum Gasteiger partial charge on any atom is -0.383 e. The smallest absolute Gasteiger partial charge is 0.239 e. The summed E-state index contributed by atoms with van der Waals surface area (Å²) in [6.07, 6.45) is 1.11. The zero-order chi connectivity index (χ0) is 23.6. The number of ketones is 1. The number of allylic oxidation sites excluding steroid dienone is 1. The van der Waals surface area contributed by atoms with Crippen LogP contribution in [0.3, 0.4) is 0 Å². The van der Waals surface area contributed by atoms with Gasteiger partial charge in [0.2, 0.25) is 5.91 Å². The third-order valence-corrected chi connectivity index (χ3v) is 6.13. The summed E-state index contributed by atoms with van der Waals surface area (Å²) in [6.45, 7) is 5.01. The molecule has 0 spiro atoms. The largest absolute Gasteiger partial charge is 0.383 e. The van der Waals surface area contributed by atoms with E-state index in [9.17, 15) is 14.0 Å². The lowest BCUT2D eigenvalue weighted by Gasteiger charge is -2.37. The molecule has 2 N–H and O–H groups in total. The maximum absolute atomic E-state index is 13.8. The van der Waals surface area contributed by atoms with Gasteiger partial charge in [0.05, 0.1) is 30.6 Å². The number of anilines is 2. The van der Waals surface area contributed by atoms with E-state index in [1.165, 1.54) is 12.1 Å². The number of nitrogens with one attached hydrogen (secondary N) is 2. The van der Waals surface area contributed by atoms with Crippen molar-refractivity contribution in [2.24, 2.45) is 5.41 Å². The van der Waals surface area contributed by atoms with Crippen molar-refractivity contribution >= 4 is 23.1 Å². The normalized spacial score (nSPS) is 19.3. The quantitative estimate of drug-likeness (QED) is 0.644. The van der Waals surface area contributed by atoms with Crippen LogP contribution in [0.2, 0.25) is 0 Å². The Labute approximate surface area is 193 Å². The van der Waals surface area contributed by atoms with Gasteiger partial charge in [0.1, 0.15) is 5.82 Å². The minimum absolute atomic E-state index is 0.0396. The fourth-order valence-electron chi connectivity index (χ4n) is 4.72. The summed E-state index contributed by atoms with van der Waals surface area (Å²) in [6, 6.07) is 13.4. The van der Waals surface area contributed by atoms with Crippen molar-refractivity contribution in [2.45, 2.75) is 32.7 Å². The third-order valence-electron chi connectivity index (χ3n) is 6.13. The zero-order valence-corrected chi connectivity index (χ0v) is 19.3. The molecule has 1 amide bonds. The van der Waals surface area contributed by atoms with E-state index >= 15 is 0 Å². The summed E-state index contributed by atoms with van der Waals surface area (Å²) < 4.78 is 18.8. The van der Waals surface area contributed by atoms with Crippen LogP contribution in [0.25, 0.3) is 0 Å². The van der Waals surface area contributed by atoms with Crippen LogP contribution in [-0.2, 0) is 14.3 Å². The van der Waals surface area contributed by atoms with Gasteiger partial charge in [0.25, 0.3) is 0 Å². The molecule has 174 valence electrons. The van der Waals surface area contributed by atoms with Crippen LogP contribution in [0.4, 0.5) is 15.8 Å². The van der Waals surface area contributed by atoms with Gasteiger partial charge in [-0.05, 0) is 41.7 Å². The van der Waals surface area contributed by atoms with E-state index in [2.05, 4.69) is 24.5 Å². The van der Waals surface area contributed by atoms with Gasteiger partial charge < -0.3 is 20.3 Å².